The standard InChI is InChI=1S/C28H26N4O4/c1-32(24-9-3-2-4-10-24)28(35)20-12-14-22(15-13-20)29-19-26(33)31-23-8-5-7-21(17-23)27(34)30-18-25-11-6-16-36-25/h2-17,29H,18-19H2,1H3,(H,30,34)(H,31,33). The van der Waals surface area contributed by atoms with Gasteiger partial charge in [0.25, 0.3) is 11.8 Å². The van der Waals surface area contributed by atoms with E-state index in [-0.39, 0.29) is 30.8 Å². The molecule has 0 aliphatic carbocycles. The van der Waals surface area contributed by atoms with Crippen molar-refractivity contribution in [2.75, 3.05) is 29.1 Å². The van der Waals surface area contributed by atoms with Gasteiger partial charge in [-0.15, -0.1) is 0 Å². The Morgan fingerprint density at radius 1 is 0.806 bits per heavy atom. The molecule has 0 aliphatic heterocycles. The molecule has 0 aliphatic rings. The second-order valence-electron chi connectivity index (χ2n) is 8.02. The number of benzene rings is 3. The zero-order chi connectivity index (χ0) is 25.3. The summed E-state index contributed by atoms with van der Waals surface area (Å²) < 4.78 is 5.21. The summed E-state index contributed by atoms with van der Waals surface area (Å²) in [5, 5.41) is 8.59. The number of hydrogen-bond donors (Lipinski definition) is 3. The van der Waals surface area contributed by atoms with Crippen LogP contribution in [-0.2, 0) is 11.3 Å². The number of carbonyl (C=O) groups excluding carboxylic acids is 3. The predicted octanol–water partition coefficient (Wildman–Crippen LogP) is 4.54. The molecule has 182 valence electrons. The molecule has 8 heteroatoms. The van der Waals surface area contributed by atoms with Crippen molar-refractivity contribution in [1.82, 2.24) is 5.32 Å². The van der Waals surface area contributed by atoms with Crippen LogP contribution >= 0.6 is 0 Å². The molecular formula is C28H26N4O4. The summed E-state index contributed by atoms with van der Waals surface area (Å²) in [6.07, 6.45) is 1.55. The van der Waals surface area contributed by atoms with Crippen molar-refractivity contribution < 1.29 is 18.8 Å². The summed E-state index contributed by atoms with van der Waals surface area (Å²) in [5.41, 5.74) is 2.99. The van der Waals surface area contributed by atoms with Crippen molar-refractivity contribution in [2.24, 2.45) is 0 Å². The number of nitrogens with one attached hydrogen (secondary N) is 3. The first kappa shape index (κ1) is 24.3. The van der Waals surface area contributed by atoms with Gasteiger partial charge >= 0.3 is 0 Å². The van der Waals surface area contributed by atoms with Crippen LogP contribution < -0.4 is 20.9 Å². The molecular weight excluding hydrogens is 456 g/mol. The van der Waals surface area contributed by atoms with Crippen molar-refractivity contribution in [3.8, 4) is 0 Å². The van der Waals surface area contributed by atoms with Crippen LogP contribution in [0.25, 0.3) is 0 Å². The van der Waals surface area contributed by atoms with Crippen molar-refractivity contribution in [3.63, 3.8) is 0 Å². The van der Waals surface area contributed by atoms with Gasteiger partial charge in [0.15, 0.2) is 0 Å². The number of amides is 3. The first-order chi connectivity index (χ1) is 17.5. The third kappa shape index (κ3) is 6.38. The predicted molar refractivity (Wildman–Crippen MR) is 139 cm³/mol. The number of furan rings is 1. The van der Waals surface area contributed by atoms with Crippen LogP contribution in [0.15, 0.2) is 102 Å². The first-order valence-corrected chi connectivity index (χ1v) is 11.4. The SMILES string of the molecule is CN(C(=O)c1ccc(NCC(=O)Nc2cccc(C(=O)NCc3ccco3)c2)cc1)c1ccccc1. The van der Waals surface area contributed by atoms with Gasteiger partial charge in [-0.25, -0.2) is 0 Å². The number of rotatable bonds is 9. The van der Waals surface area contributed by atoms with Crippen molar-refractivity contribution >= 4 is 34.8 Å². The quantitative estimate of drug-likeness (QED) is 0.325. The second kappa shape index (κ2) is 11.5. The van der Waals surface area contributed by atoms with Crippen molar-refractivity contribution in [2.45, 2.75) is 6.54 Å². The average Bonchev–Trinajstić information content (AvgIpc) is 3.44. The minimum atomic E-state index is -0.271. The Labute approximate surface area is 208 Å². The molecule has 0 unspecified atom stereocenters. The molecule has 1 aromatic heterocycles. The van der Waals surface area contributed by atoms with Gasteiger partial charge in [0.1, 0.15) is 5.76 Å². The fourth-order valence-corrected chi connectivity index (χ4v) is 3.50. The van der Waals surface area contributed by atoms with E-state index in [1.807, 2.05) is 30.3 Å². The zero-order valence-corrected chi connectivity index (χ0v) is 19.7. The molecule has 3 amide bonds. The maximum absolute atomic E-state index is 12.7. The van der Waals surface area contributed by atoms with Gasteiger partial charge in [0, 0.05) is 35.2 Å². The van der Waals surface area contributed by atoms with E-state index in [0.29, 0.717) is 28.3 Å². The molecule has 0 saturated carbocycles. The number of hydrogen-bond acceptors (Lipinski definition) is 5. The second-order valence-corrected chi connectivity index (χ2v) is 8.02. The lowest BCUT2D eigenvalue weighted by molar-refractivity contribution is -0.114. The van der Waals surface area contributed by atoms with Crippen LogP contribution in [0.5, 0.6) is 0 Å². The highest BCUT2D eigenvalue weighted by Gasteiger charge is 2.13. The number of para-hydroxylation sites is 1. The highest BCUT2D eigenvalue weighted by Crippen LogP contribution is 2.17. The lowest BCUT2D eigenvalue weighted by Gasteiger charge is -2.17. The van der Waals surface area contributed by atoms with Crippen LogP contribution in [0, 0.1) is 0 Å². The van der Waals surface area contributed by atoms with Gasteiger partial charge in [-0.05, 0) is 66.7 Å². The van der Waals surface area contributed by atoms with Crippen LogP contribution in [0.1, 0.15) is 26.5 Å². The molecule has 0 saturated heterocycles. The first-order valence-electron chi connectivity index (χ1n) is 11.4. The highest BCUT2D eigenvalue weighted by molar-refractivity contribution is 6.06. The molecule has 0 fully saturated rings. The Morgan fingerprint density at radius 3 is 2.31 bits per heavy atom. The van der Waals surface area contributed by atoms with Crippen LogP contribution in [0.4, 0.5) is 17.1 Å². The van der Waals surface area contributed by atoms with E-state index in [9.17, 15) is 14.4 Å². The summed E-state index contributed by atoms with van der Waals surface area (Å²) in [6.45, 7) is 0.297. The van der Waals surface area contributed by atoms with E-state index in [1.54, 1.807) is 78.9 Å². The van der Waals surface area contributed by atoms with Crippen molar-refractivity contribution in [1.29, 1.82) is 0 Å². The fourth-order valence-electron chi connectivity index (χ4n) is 3.50. The van der Waals surface area contributed by atoms with Crippen LogP contribution in [0.3, 0.4) is 0 Å². The summed E-state index contributed by atoms with van der Waals surface area (Å²) in [7, 11) is 1.73. The summed E-state index contributed by atoms with van der Waals surface area (Å²) in [6, 6.07) is 26.6. The van der Waals surface area contributed by atoms with Gasteiger partial charge in [-0.3, -0.25) is 14.4 Å². The Bertz CT molecular complexity index is 1320. The maximum atomic E-state index is 12.7. The molecule has 8 nitrogen and oxygen atoms in total. The summed E-state index contributed by atoms with van der Waals surface area (Å²) in [4.78, 5) is 39.1. The highest BCUT2D eigenvalue weighted by atomic mass is 16.3. The third-order valence-electron chi connectivity index (χ3n) is 5.44. The molecule has 0 radical (unpaired) electrons. The van der Waals surface area contributed by atoms with Gasteiger partial charge in [0.05, 0.1) is 19.4 Å². The van der Waals surface area contributed by atoms with E-state index < -0.39 is 0 Å². The lowest BCUT2D eigenvalue weighted by atomic mass is 10.1. The Morgan fingerprint density at radius 2 is 1.58 bits per heavy atom. The van der Waals surface area contributed by atoms with E-state index >= 15 is 0 Å². The van der Waals surface area contributed by atoms with E-state index in [1.165, 1.54) is 0 Å². The molecule has 4 aromatic rings. The van der Waals surface area contributed by atoms with Gasteiger partial charge in [-0.2, -0.15) is 0 Å². The maximum Gasteiger partial charge on any atom is 0.258 e. The van der Waals surface area contributed by atoms with Crippen LogP contribution in [0.2, 0.25) is 0 Å². The normalized spacial score (nSPS) is 10.4. The molecule has 0 atom stereocenters. The van der Waals surface area contributed by atoms with Crippen LogP contribution in [-0.4, -0.2) is 31.3 Å². The number of nitrogens with zero attached hydrogens (tertiary/aromatic N) is 1. The fraction of sp³-hybridized carbons (Fsp3) is 0.107. The lowest BCUT2D eigenvalue weighted by Crippen LogP contribution is -2.26. The molecule has 3 N–H and O–H groups in total. The molecule has 0 spiro atoms. The van der Waals surface area contributed by atoms with E-state index in [2.05, 4.69) is 16.0 Å². The molecule has 0 bridgehead atoms. The molecule has 36 heavy (non-hydrogen) atoms. The Kier molecular flexibility index (Phi) is 7.77. The van der Waals surface area contributed by atoms with Crippen molar-refractivity contribution in [3.05, 3.63) is 114 Å². The minimum Gasteiger partial charge on any atom is -0.467 e. The third-order valence-corrected chi connectivity index (χ3v) is 5.44. The van der Waals surface area contributed by atoms with Gasteiger partial charge in [-0.1, -0.05) is 24.3 Å². The number of anilines is 3. The Balaban J connectivity index is 1.27. The van der Waals surface area contributed by atoms with E-state index in [4.69, 9.17) is 4.42 Å². The zero-order valence-electron chi connectivity index (χ0n) is 19.7. The average molecular weight is 483 g/mol. The van der Waals surface area contributed by atoms with Gasteiger partial charge in [0.2, 0.25) is 5.91 Å². The molecule has 1 heterocycles. The van der Waals surface area contributed by atoms with Gasteiger partial charge < -0.3 is 25.3 Å². The molecule has 4 rings (SSSR count). The molecule has 3 aromatic carbocycles. The minimum absolute atomic E-state index is 0.0200. The van der Waals surface area contributed by atoms with E-state index in [0.717, 1.165) is 5.69 Å². The summed E-state index contributed by atoms with van der Waals surface area (Å²) >= 11 is 0. The smallest absolute Gasteiger partial charge is 0.258 e. The largest absolute Gasteiger partial charge is 0.467 e. The number of carbonyl (C=O) groups is 3. The monoisotopic (exact) mass is 482 g/mol. The Hall–Kier alpha value is -4.85. The summed E-state index contributed by atoms with van der Waals surface area (Å²) in [5.74, 6) is -0.0154. The topological polar surface area (TPSA) is 104 Å².